The van der Waals surface area contributed by atoms with Crippen LogP contribution >= 0.6 is 0 Å². The Morgan fingerprint density at radius 1 is 1.13 bits per heavy atom. The third-order valence-electron chi connectivity index (χ3n) is 3.46. The molecule has 1 amide bonds. The number of carbonyl (C=O) groups excluding carboxylic acids is 1. The van der Waals surface area contributed by atoms with E-state index in [-0.39, 0.29) is 5.91 Å². The van der Waals surface area contributed by atoms with Crippen LogP contribution in [0.2, 0.25) is 0 Å². The molecule has 0 atom stereocenters. The zero-order valence-corrected chi connectivity index (χ0v) is 12.0. The first kappa shape index (κ1) is 13.2. The number of amides is 1. The van der Waals surface area contributed by atoms with Gasteiger partial charge in [0.2, 0.25) is 0 Å². The Morgan fingerprint density at radius 2 is 2.00 bits per heavy atom. The number of carbonyl (C=O) groups is 1. The van der Waals surface area contributed by atoms with Gasteiger partial charge in [-0.25, -0.2) is 4.98 Å². The summed E-state index contributed by atoms with van der Waals surface area (Å²) in [5.41, 5.74) is 3.27. The van der Waals surface area contributed by atoms with Crippen LogP contribution in [0.4, 0.5) is 5.69 Å². The van der Waals surface area contributed by atoms with Crippen molar-refractivity contribution in [1.82, 2.24) is 24.7 Å². The standard InChI is InChI=1S/C16H12N6O/c23-16(20-12-6-7-17-13-8-19-21-15(12)13)14-9-22(10-18-14)11-4-2-1-3-5-11/h1-10H,(H,19,21)(H,17,20,23). The van der Waals surface area contributed by atoms with Gasteiger partial charge in [0.25, 0.3) is 5.91 Å². The number of benzene rings is 1. The number of pyridine rings is 1. The van der Waals surface area contributed by atoms with Gasteiger partial charge in [-0.05, 0) is 18.2 Å². The number of aromatic amines is 1. The van der Waals surface area contributed by atoms with Crippen LogP contribution in [0.5, 0.6) is 0 Å². The normalized spacial score (nSPS) is 10.8. The average Bonchev–Trinajstić information content (AvgIpc) is 3.25. The first-order chi connectivity index (χ1) is 11.3. The second-order valence-corrected chi connectivity index (χ2v) is 4.94. The van der Waals surface area contributed by atoms with E-state index < -0.39 is 0 Å². The van der Waals surface area contributed by atoms with E-state index in [4.69, 9.17) is 0 Å². The summed E-state index contributed by atoms with van der Waals surface area (Å²) in [6.45, 7) is 0. The zero-order chi connectivity index (χ0) is 15.6. The smallest absolute Gasteiger partial charge is 0.275 e. The lowest BCUT2D eigenvalue weighted by molar-refractivity contribution is 0.102. The molecule has 7 nitrogen and oxygen atoms in total. The molecular formula is C16H12N6O. The maximum atomic E-state index is 12.4. The van der Waals surface area contributed by atoms with Crippen LogP contribution in [0.3, 0.4) is 0 Å². The molecule has 0 unspecified atom stereocenters. The van der Waals surface area contributed by atoms with Crippen LogP contribution in [-0.2, 0) is 0 Å². The summed E-state index contributed by atoms with van der Waals surface area (Å²) in [4.78, 5) is 20.7. The minimum Gasteiger partial charge on any atom is -0.319 e. The number of fused-ring (bicyclic) bond motifs is 1. The molecule has 0 radical (unpaired) electrons. The molecule has 4 rings (SSSR count). The van der Waals surface area contributed by atoms with E-state index in [9.17, 15) is 4.79 Å². The molecule has 0 saturated heterocycles. The van der Waals surface area contributed by atoms with Gasteiger partial charge in [-0.1, -0.05) is 18.2 Å². The molecule has 0 aliphatic rings. The zero-order valence-electron chi connectivity index (χ0n) is 12.0. The van der Waals surface area contributed by atoms with E-state index in [0.717, 1.165) is 5.69 Å². The van der Waals surface area contributed by atoms with Gasteiger partial charge in [0.1, 0.15) is 23.1 Å². The topological polar surface area (TPSA) is 88.5 Å². The van der Waals surface area contributed by atoms with Crippen molar-refractivity contribution in [2.45, 2.75) is 0 Å². The number of hydrogen-bond donors (Lipinski definition) is 2. The van der Waals surface area contributed by atoms with Gasteiger partial charge in [0.15, 0.2) is 0 Å². The molecule has 23 heavy (non-hydrogen) atoms. The molecule has 0 spiro atoms. The number of rotatable bonds is 3. The Balaban J connectivity index is 1.60. The van der Waals surface area contributed by atoms with Gasteiger partial charge in [-0.3, -0.25) is 14.9 Å². The van der Waals surface area contributed by atoms with E-state index in [2.05, 4.69) is 25.5 Å². The lowest BCUT2D eigenvalue weighted by atomic mass is 10.3. The summed E-state index contributed by atoms with van der Waals surface area (Å²) in [7, 11) is 0. The molecule has 0 aliphatic heterocycles. The molecule has 0 saturated carbocycles. The molecule has 112 valence electrons. The number of imidazole rings is 1. The number of aromatic nitrogens is 5. The molecule has 4 aromatic rings. The summed E-state index contributed by atoms with van der Waals surface area (Å²) in [5, 5.41) is 9.58. The molecule has 3 aromatic heterocycles. The second-order valence-electron chi connectivity index (χ2n) is 4.94. The van der Waals surface area contributed by atoms with Crippen molar-refractivity contribution in [1.29, 1.82) is 0 Å². The van der Waals surface area contributed by atoms with E-state index in [1.54, 1.807) is 35.6 Å². The van der Waals surface area contributed by atoms with Gasteiger partial charge in [-0.15, -0.1) is 0 Å². The van der Waals surface area contributed by atoms with Gasteiger partial charge in [0.05, 0.1) is 11.9 Å². The number of para-hydroxylation sites is 1. The molecule has 7 heteroatoms. The summed E-state index contributed by atoms with van der Waals surface area (Å²) in [6, 6.07) is 11.4. The van der Waals surface area contributed by atoms with Crippen molar-refractivity contribution in [3.8, 4) is 5.69 Å². The lowest BCUT2D eigenvalue weighted by Crippen LogP contribution is -2.12. The van der Waals surface area contributed by atoms with E-state index >= 15 is 0 Å². The van der Waals surface area contributed by atoms with E-state index in [0.29, 0.717) is 22.4 Å². The number of H-pyrrole nitrogens is 1. The maximum absolute atomic E-state index is 12.4. The fourth-order valence-electron chi connectivity index (χ4n) is 2.32. The summed E-state index contributed by atoms with van der Waals surface area (Å²) in [6.07, 6.45) is 6.53. The first-order valence-corrected chi connectivity index (χ1v) is 7.00. The van der Waals surface area contributed by atoms with E-state index in [1.165, 1.54) is 0 Å². The Kier molecular flexibility index (Phi) is 3.09. The highest BCUT2D eigenvalue weighted by molar-refractivity contribution is 6.06. The maximum Gasteiger partial charge on any atom is 0.275 e. The molecular weight excluding hydrogens is 292 g/mol. The van der Waals surface area contributed by atoms with Crippen molar-refractivity contribution in [2.75, 3.05) is 5.32 Å². The molecule has 2 N–H and O–H groups in total. The van der Waals surface area contributed by atoms with Crippen molar-refractivity contribution < 1.29 is 4.79 Å². The summed E-state index contributed by atoms with van der Waals surface area (Å²) >= 11 is 0. The van der Waals surface area contributed by atoms with E-state index in [1.807, 2.05) is 30.3 Å². The van der Waals surface area contributed by atoms with Crippen LogP contribution in [0.25, 0.3) is 16.7 Å². The van der Waals surface area contributed by atoms with Crippen molar-refractivity contribution in [3.63, 3.8) is 0 Å². The van der Waals surface area contributed by atoms with Gasteiger partial charge < -0.3 is 9.88 Å². The highest BCUT2D eigenvalue weighted by Crippen LogP contribution is 2.19. The monoisotopic (exact) mass is 304 g/mol. The third-order valence-corrected chi connectivity index (χ3v) is 3.46. The Hall–Kier alpha value is -3.48. The van der Waals surface area contributed by atoms with Crippen LogP contribution < -0.4 is 5.32 Å². The Bertz CT molecular complexity index is 972. The summed E-state index contributed by atoms with van der Waals surface area (Å²) in [5.74, 6) is -0.290. The Morgan fingerprint density at radius 3 is 2.87 bits per heavy atom. The van der Waals surface area contributed by atoms with Crippen LogP contribution in [0.15, 0.2) is 61.3 Å². The minimum absolute atomic E-state index is 0.290. The quantitative estimate of drug-likeness (QED) is 0.608. The lowest BCUT2D eigenvalue weighted by Gasteiger charge is -2.04. The SMILES string of the molecule is O=C(Nc1ccnc2cn[nH]c12)c1cn(-c2ccccc2)cn1. The predicted octanol–water partition coefficient (Wildman–Crippen LogP) is 2.40. The Labute approximate surface area is 131 Å². The molecule has 0 fully saturated rings. The number of nitrogens with zero attached hydrogens (tertiary/aromatic N) is 4. The fraction of sp³-hybridized carbons (Fsp3) is 0. The van der Waals surface area contributed by atoms with Crippen molar-refractivity contribution in [3.05, 3.63) is 67.0 Å². The van der Waals surface area contributed by atoms with Gasteiger partial charge >= 0.3 is 0 Å². The van der Waals surface area contributed by atoms with Crippen molar-refractivity contribution >= 4 is 22.6 Å². The first-order valence-electron chi connectivity index (χ1n) is 7.00. The molecule has 0 aliphatic carbocycles. The molecule has 3 heterocycles. The third kappa shape index (κ3) is 2.44. The van der Waals surface area contributed by atoms with Crippen molar-refractivity contribution in [2.24, 2.45) is 0 Å². The van der Waals surface area contributed by atoms with Crippen LogP contribution in [0, 0.1) is 0 Å². The highest BCUT2D eigenvalue weighted by atomic mass is 16.1. The highest BCUT2D eigenvalue weighted by Gasteiger charge is 2.12. The minimum atomic E-state index is -0.290. The van der Waals surface area contributed by atoms with Gasteiger partial charge in [0, 0.05) is 18.1 Å². The van der Waals surface area contributed by atoms with Crippen LogP contribution in [0.1, 0.15) is 10.5 Å². The fourth-order valence-corrected chi connectivity index (χ4v) is 2.32. The van der Waals surface area contributed by atoms with Gasteiger partial charge in [-0.2, -0.15) is 5.10 Å². The molecule has 0 bridgehead atoms. The average molecular weight is 304 g/mol. The predicted molar refractivity (Wildman–Crippen MR) is 85.4 cm³/mol. The number of hydrogen-bond acceptors (Lipinski definition) is 4. The number of nitrogens with one attached hydrogen (secondary N) is 2. The molecule has 1 aromatic carbocycles. The number of anilines is 1. The van der Waals surface area contributed by atoms with Crippen LogP contribution in [-0.4, -0.2) is 30.6 Å². The second kappa shape index (κ2) is 5.38. The summed E-state index contributed by atoms with van der Waals surface area (Å²) < 4.78 is 1.80. The largest absolute Gasteiger partial charge is 0.319 e.